The van der Waals surface area contributed by atoms with Crippen molar-refractivity contribution >= 4 is 18.3 Å². The molecule has 1 aliphatic heterocycles. The maximum absolute atomic E-state index is 13.3. The number of halogens is 3. The van der Waals surface area contributed by atoms with Crippen molar-refractivity contribution in [1.29, 1.82) is 0 Å². The summed E-state index contributed by atoms with van der Waals surface area (Å²) in [7, 11) is 1.51. The molecule has 23 heavy (non-hydrogen) atoms. The number of nitrogens with two attached hydrogens (primary N) is 1. The van der Waals surface area contributed by atoms with Gasteiger partial charge in [0.05, 0.1) is 25.7 Å². The lowest BCUT2D eigenvalue weighted by Crippen LogP contribution is -2.44. The van der Waals surface area contributed by atoms with Crippen molar-refractivity contribution < 1.29 is 23.0 Å². The summed E-state index contributed by atoms with van der Waals surface area (Å²) in [6.07, 6.45) is -0.596. The third-order valence-corrected chi connectivity index (χ3v) is 3.73. The third-order valence-electron chi connectivity index (χ3n) is 3.73. The molecule has 130 valence electrons. The molecule has 2 unspecified atom stereocenters. The fraction of sp³-hybridized carbons (Fsp3) is 0.533. The van der Waals surface area contributed by atoms with Crippen LogP contribution in [0.4, 0.5) is 8.78 Å². The van der Waals surface area contributed by atoms with Crippen LogP contribution in [0.25, 0.3) is 0 Å². The first-order valence-electron chi connectivity index (χ1n) is 7.12. The van der Waals surface area contributed by atoms with Gasteiger partial charge in [-0.05, 0) is 17.7 Å². The number of benzene rings is 1. The minimum atomic E-state index is -0.924. The largest absolute Gasteiger partial charge is 0.380 e. The highest BCUT2D eigenvalue weighted by Crippen LogP contribution is 2.24. The number of rotatable bonds is 5. The molecule has 2 atom stereocenters. The van der Waals surface area contributed by atoms with E-state index in [0.717, 1.165) is 12.1 Å². The topological polar surface area (TPSA) is 64.8 Å². The molecule has 1 heterocycles. The zero-order chi connectivity index (χ0) is 16.1. The highest BCUT2D eigenvalue weighted by Gasteiger charge is 2.27. The Morgan fingerprint density at radius 2 is 2.22 bits per heavy atom. The van der Waals surface area contributed by atoms with E-state index in [0.29, 0.717) is 25.3 Å². The third kappa shape index (κ3) is 5.10. The summed E-state index contributed by atoms with van der Waals surface area (Å²) in [6, 6.07) is 3.63. The molecule has 0 radical (unpaired) electrons. The molecular weight excluding hydrogens is 330 g/mol. The number of carbonyl (C=O) groups excluding carboxylic acids is 1. The van der Waals surface area contributed by atoms with Gasteiger partial charge in [0, 0.05) is 20.2 Å². The lowest BCUT2D eigenvalue weighted by Gasteiger charge is -2.34. The first kappa shape index (κ1) is 19.8. The van der Waals surface area contributed by atoms with Crippen molar-refractivity contribution in [2.24, 2.45) is 5.73 Å². The van der Waals surface area contributed by atoms with Crippen LogP contribution >= 0.6 is 12.4 Å². The predicted octanol–water partition coefficient (Wildman–Crippen LogP) is 1.65. The Bertz CT molecular complexity index is 529. The van der Waals surface area contributed by atoms with Crippen molar-refractivity contribution in [3.8, 4) is 0 Å². The van der Waals surface area contributed by atoms with Crippen molar-refractivity contribution in [3.63, 3.8) is 0 Å². The molecule has 0 spiro atoms. The van der Waals surface area contributed by atoms with Crippen LogP contribution in [0.15, 0.2) is 18.2 Å². The standard InChI is InChI=1S/C15H20F2N2O3.ClH/c1-21-11(8-18)7-15(20)19-4-5-22-14(9-19)10-2-3-12(16)13(17)6-10;/h2-3,6,11,14H,4-5,7-9,18H2,1H3;1H. The fourth-order valence-corrected chi connectivity index (χ4v) is 2.38. The molecule has 1 fully saturated rings. The molecule has 0 saturated carbocycles. The molecule has 1 saturated heterocycles. The van der Waals surface area contributed by atoms with Gasteiger partial charge in [0.2, 0.25) is 5.91 Å². The summed E-state index contributed by atoms with van der Waals surface area (Å²) in [6.45, 7) is 1.36. The van der Waals surface area contributed by atoms with Crippen LogP contribution in [0.2, 0.25) is 0 Å². The average molecular weight is 351 g/mol. The van der Waals surface area contributed by atoms with Crippen LogP contribution in [0.5, 0.6) is 0 Å². The molecule has 2 rings (SSSR count). The van der Waals surface area contributed by atoms with E-state index in [4.69, 9.17) is 15.2 Å². The Morgan fingerprint density at radius 3 is 2.83 bits per heavy atom. The van der Waals surface area contributed by atoms with Gasteiger partial charge in [-0.1, -0.05) is 6.07 Å². The number of methoxy groups -OCH3 is 1. The summed E-state index contributed by atoms with van der Waals surface area (Å²) in [4.78, 5) is 13.9. The summed E-state index contributed by atoms with van der Waals surface area (Å²) in [5.41, 5.74) is 6.03. The first-order valence-corrected chi connectivity index (χ1v) is 7.12. The molecule has 1 aliphatic rings. The smallest absolute Gasteiger partial charge is 0.225 e. The fourth-order valence-electron chi connectivity index (χ4n) is 2.38. The molecule has 1 aromatic rings. The van der Waals surface area contributed by atoms with Gasteiger partial charge in [-0.15, -0.1) is 12.4 Å². The average Bonchev–Trinajstić information content (AvgIpc) is 2.55. The maximum Gasteiger partial charge on any atom is 0.225 e. The second-order valence-corrected chi connectivity index (χ2v) is 5.17. The monoisotopic (exact) mass is 350 g/mol. The quantitative estimate of drug-likeness (QED) is 0.877. The van der Waals surface area contributed by atoms with Gasteiger partial charge in [-0.2, -0.15) is 0 Å². The number of morpholine rings is 1. The van der Waals surface area contributed by atoms with Crippen LogP contribution in [0.3, 0.4) is 0 Å². The normalized spacial score (nSPS) is 19.1. The van der Waals surface area contributed by atoms with Crippen LogP contribution in [0.1, 0.15) is 18.1 Å². The Labute approximate surface area is 140 Å². The number of amides is 1. The Morgan fingerprint density at radius 1 is 1.48 bits per heavy atom. The molecule has 8 heteroatoms. The second kappa shape index (κ2) is 9.12. The summed E-state index contributed by atoms with van der Waals surface area (Å²) in [5, 5.41) is 0. The van der Waals surface area contributed by atoms with Crippen LogP contribution in [-0.2, 0) is 14.3 Å². The molecule has 1 aromatic carbocycles. The molecule has 0 aliphatic carbocycles. The van der Waals surface area contributed by atoms with Crippen LogP contribution in [-0.4, -0.2) is 50.3 Å². The minimum absolute atomic E-state index is 0. The Kier molecular flexibility index (Phi) is 7.84. The predicted molar refractivity (Wildman–Crippen MR) is 83.3 cm³/mol. The van der Waals surface area contributed by atoms with E-state index in [2.05, 4.69) is 0 Å². The van der Waals surface area contributed by atoms with E-state index < -0.39 is 17.7 Å². The van der Waals surface area contributed by atoms with E-state index in [1.54, 1.807) is 4.90 Å². The highest BCUT2D eigenvalue weighted by molar-refractivity contribution is 5.85. The van der Waals surface area contributed by atoms with Gasteiger partial charge in [-0.3, -0.25) is 4.79 Å². The van der Waals surface area contributed by atoms with Crippen molar-refractivity contribution in [3.05, 3.63) is 35.4 Å². The number of ether oxygens (including phenoxy) is 2. The van der Waals surface area contributed by atoms with E-state index in [9.17, 15) is 13.6 Å². The second-order valence-electron chi connectivity index (χ2n) is 5.17. The molecule has 0 aromatic heterocycles. The number of carbonyl (C=O) groups is 1. The van der Waals surface area contributed by atoms with Crippen molar-refractivity contribution in [2.75, 3.05) is 33.4 Å². The zero-order valence-electron chi connectivity index (χ0n) is 12.8. The van der Waals surface area contributed by atoms with Gasteiger partial charge in [0.1, 0.15) is 6.10 Å². The van der Waals surface area contributed by atoms with Gasteiger partial charge < -0.3 is 20.1 Å². The van der Waals surface area contributed by atoms with E-state index >= 15 is 0 Å². The first-order chi connectivity index (χ1) is 10.5. The summed E-state index contributed by atoms with van der Waals surface area (Å²) >= 11 is 0. The van der Waals surface area contributed by atoms with Gasteiger partial charge in [0.15, 0.2) is 11.6 Å². The highest BCUT2D eigenvalue weighted by atomic mass is 35.5. The van der Waals surface area contributed by atoms with E-state index in [-0.39, 0.29) is 37.4 Å². The summed E-state index contributed by atoms with van der Waals surface area (Å²) in [5.74, 6) is -1.92. The SMILES string of the molecule is COC(CN)CC(=O)N1CCOC(c2ccc(F)c(F)c2)C1.Cl. The molecule has 0 bridgehead atoms. The lowest BCUT2D eigenvalue weighted by molar-refractivity contribution is -0.141. The van der Waals surface area contributed by atoms with Gasteiger partial charge >= 0.3 is 0 Å². The molecule has 1 amide bonds. The van der Waals surface area contributed by atoms with Crippen LogP contribution < -0.4 is 5.73 Å². The van der Waals surface area contributed by atoms with Crippen molar-refractivity contribution in [2.45, 2.75) is 18.6 Å². The molecule has 5 nitrogen and oxygen atoms in total. The molecule has 2 N–H and O–H groups in total. The van der Waals surface area contributed by atoms with Gasteiger partial charge in [-0.25, -0.2) is 8.78 Å². The Hall–Kier alpha value is -1.28. The van der Waals surface area contributed by atoms with Crippen LogP contribution in [0, 0.1) is 11.6 Å². The molecular formula is C15H21ClF2N2O3. The van der Waals surface area contributed by atoms with Crippen molar-refractivity contribution in [1.82, 2.24) is 4.90 Å². The minimum Gasteiger partial charge on any atom is -0.380 e. The number of nitrogens with zero attached hydrogens (tertiary/aromatic N) is 1. The number of hydrogen-bond donors (Lipinski definition) is 1. The summed E-state index contributed by atoms with van der Waals surface area (Å²) < 4.78 is 37.0. The lowest BCUT2D eigenvalue weighted by atomic mass is 10.1. The maximum atomic E-state index is 13.3. The zero-order valence-corrected chi connectivity index (χ0v) is 13.7. The van der Waals surface area contributed by atoms with Gasteiger partial charge in [0.25, 0.3) is 0 Å². The van der Waals surface area contributed by atoms with E-state index in [1.165, 1.54) is 13.2 Å². The number of hydrogen-bond acceptors (Lipinski definition) is 4. The Balaban J connectivity index is 0.00000264. The van der Waals surface area contributed by atoms with E-state index in [1.807, 2.05) is 0 Å².